The number of rotatable bonds is 7. The molecule has 1 fully saturated rings. The number of carbonyl (C=O) groups excluding carboxylic acids is 3. The third-order valence-electron chi connectivity index (χ3n) is 5.73. The molecule has 0 aromatic heterocycles. The molecule has 2 aromatic rings. The Labute approximate surface area is 210 Å². The van der Waals surface area contributed by atoms with Gasteiger partial charge in [-0.3, -0.25) is 0 Å². The molecule has 0 heterocycles. The molecule has 198 valence electrons. The van der Waals surface area contributed by atoms with Crippen LogP contribution in [0.1, 0.15) is 28.8 Å². The number of carbonyl (C=O) groups is 3. The van der Waals surface area contributed by atoms with Crippen LogP contribution in [0.5, 0.6) is 23.0 Å². The van der Waals surface area contributed by atoms with E-state index in [0.29, 0.717) is 5.56 Å². The van der Waals surface area contributed by atoms with Crippen LogP contribution in [0, 0.1) is 0 Å². The Hall–Kier alpha value is -4.29. The number of aliphatic hydroxyl groups is 2. The molecule has 2 aromatic carbocycles. The Bertz CT molecular complexity index is 1210. The van der Waals surface area contributed by atoms with Crippen molar-refractivity contribution in [3.8, 4) is 23.0 Å². The van der Waals surface area contributed by atoms with E-state index in [2.05, 4.69) is 4.74 Å². The van der Waals surface area contributed by atoms with Crippen LogP contribution in [0.4, 0.5) is 0 Å². The molecule has 0 bridgehead atoms. The summed E-state index contributed by atoms with van der Waals surface area (Å²) in [5.74, 6) is -4.00. The lowest BCUT2D eigenvalue weighted by Gasteiger charge is -2.41. The lowest BCUT2D eigenvalue weighted by molar-refractivity contribution is -0.198. The molecule has 12 heteroatoms. The maximum atomic E-state index is 12.8. The van der Waals surface area contributed by atoms with Gasteiger partial charge in [0.25, 0.3) is 0 Å². The predicted molar refractivity (Wildman–Crippen MR) is 125 cm³/mol. The Morgan fingerprint density at radius 1 is 0.946 bits per heavy atom. The molecule has 37 heavy (non-hydrogen) atoms. The molecule has 0 radical (unpaired) electrons. The molecule has 0 aliphatic heterocycles. The third-order valence-corrected chi connectivity index (χ3v) is 5.73. The van der Waals surface area contributed by atoms with Crippen LogP contribution >= 0.6 is 0 Å². The molecule has 5 N–H and O–H groups in total. The Balaban J connectivity index is 1.83. The number of phenolic OH excluding ortho intramolecular Hbond substituents is 3. The summed E-state index contributed by atoms with van der Waals surface area (Å²) in [7, 11) is 2.32. The molecule has 1 saturated carbocycles. The van der Waals surface area contributed by atoms with Gasteiger partial charge in [0.05, 0.1) is 25.9 Å². The van der Waals surface area contributed by atoms with E-state index in [-0.39, 0.29) is 22.8 Å². The summed E-state index contributed by atoms with van der Waals surface area (Å²) < 4.78 is 20.3. The Morgan fingerprint density at radius 2 is 1.65 bits per heavy atom. The summed E-state index contributed by atoms with van der Waals surface area (Å²) in [5.41, 5.74) is -1.94. The number of esters is 3. The van der Waals surface area contributed by atoms with Crippen molar-refractivity contribution >= 4 is 24.0 Å². The van der Waals surface area contributed by atoms with Crippen molar-refractivity contribution in [3.63, 3.8) is 0 Å². The molecule has 12 nitrogen and oxygen atoms in total. The zero-order valence-corrected chi connectivity index (χ0v) is 19.9. The number of ether oxygens (including phenoxy) is 4. The van der Waals surface area contributed by atoms with E-state index in [1.165, 1.54) is 49.6 Å². The molecule has 4 atom stereocenters. The SMILES string of the molecule is COC(=O)[C@]1(O)C[C@H](OC(=O)/C=C/c2ccc(O)c(O)c2)[C@@H](OC(=O)c2ccc(O)c(OC)c2)[C@@H](O)C1. The molecule has 1 aliphatic carbocycles. The average molecular weight is 518 g/mol. The normalized spacial score (nSPS) is 23.3. The number of phenols is 3. The van der Waals surface area contributed by atoms with E-state index < -0.39 is 60.4 Å². The van der Waals surface area contributed by atoms with Gasteiger partial charge in [-0.2, -0.15) is 0 Å². The highest BCUT2D eigenvalue weighted by atomic mass is 16.6. The largest absolute Gasteiger partial charge is 0.504 e. The maximum absolute atomic E-state index is 12.8. The fraction of sp³-hybridized carbons (Fsp3) is 0.320. The van der Waals surface area contributed by atoms with Gasteiger partial charge >= 0.3 is 17.9 Å². The van der Waals surface area contributed by atoms with Gasteiger partial charge in [-0.05, 0) is 42.0 Å². The molecular weight excluding hydrogens is 492 g/mol. The van der Waals surface area contributed by atoms with Crippen molar-refractivity contribution in [2.45, 2.75) is 36.8 Å². The van der Waals surface area contributed by atoms with Crippen LogP contribution in [-0.4, -0.2) is 81.6 Å². The number of aromatic hydroxyl groups is 3. The monoisotopic (exact) mass is 518 g/mol. The molecule has 0 unspecified atom stereocenters. The molecule has 0 spiro atoms. The fourth-order valence-electron chi connectivity index (χ4n) is 3.86. The van der Waals surface area contributed by atoms with Crippen LogP contribution in [0.15, 0.2) is 42.5 Å². The van der Waals surface area contributed by atoms with Gasteiger partial charge in [-0.1, -0.05) is 6.07 Å². The quantitative estimate of drug-likeness (QED) is 0.152. The minimum Gasteiger partial charge on any atom is -0.504 e. The van der Waals surface area contributed by atoms with Crippen molar-refractivity contribution < 1.29 is 58.9 Å². The Morgan fingerprint density at radius 3 is 2.30 bits per heavy atom. The predicted octanol–water partition coefficient (Wildman–Crippen LogP) is 1.02. The number of aliphatic hydroxyl groups excluding tert-OH is 1. The first kappa shape index (κ1) is 27.3. The average Bonchev–Trinajstić information content (AvgIpc) is 2.86. The van der Waals surface area contributed by atoms with E-state index in [0.717, 1.165) is 13.2 Å². The lowest BCUT2D eigenvalue weighted by atomic mass is 9.79. The topological polar surface area (TPSA) is 189 Å². The number of hydrogen-bond acceptors (Lipinski definition) is 12. The molecule has 0 saturated heterocycles. The first-order chi connectivity index (χ1) is 17.5. The van der Waals surface area contributed by atoms with Gasteiger partial charge in [-0.15, -0.1) is 0 Å². The van der Waals surface area contributed by atoms with Crippen LogP contribution in [0.25, 0.3) is 6.08 Å². The van der Waals surface area contributed by atoms with Crippen molar-refractivity contribution in [3.05, 3.63) is 53.6 Å². The maximum Gasteiger partial charge on any atom is 0.338 e. The second-order valence-corrected chi connectivity index (χ2v) is 8.31. The van der Waals surface area contributed by atoms with Crippen molar-refractivity contribution in [1.29, 1.82) is 0 Å². The third kappa shape index (κ3) is 6.29. The second-order valence-electron chi connectivity index (χ2n) is 8.31. The van der Waals surface area contributed by atoms with Gasteiger partial charge in [0.15, 0.2) is 34.7 Å². The van der Waals surface area contributed by atoms with Gasteiger partial charge in [-0.25, -0.2) is 14.4 Å². The van der Waals surface area contributed by atoms with Crippen LogP contribution in [-0.2, 0) is 23.8 Å². The highest BCUT2D eigenvalue weighted by Gasteiger charge is 2.53. The molecule has 3 rings (SSSR count). The zero-order valence-electron chi connectivity index (χ0n) is 19.9. The van der Waals surface area contributed by atoms with E-state index in [1.54, 1.807) is 0 Å². The first-order valence-electron chi connectivity index (χ1n) is 10.9. The highest BCUT2D eigenvalue weighted by Crippen LogP contribution is 2.35. The fourth-order valence-corrected chi connectivity index (χ4v) is 3.86. The van der Waals surface area contributed by atoms with E-state index >= 15 is 0 Å². The van der Waals surface area contributed by atoms with Gasteiger partial charge in [0.2, 0.25) is 0 Å². The van der Waals surface area contributed by atoms with Crippen molar-refractivity contribution in [2.24, 2.45) is 0 Å². The van der Waals surface area contributed by atoms with Gasteiger partial charge in [0, 0.05) is 18.9 Å². The first-order valence-corrected chi connectivity index (χ1v) is 10.9. The van der Waals surface area contributed by atoms with Crippen LogP contribution in [0.3, 0.4) is 0 Å². The molecular formula is C25H26O12. The Kier molecular flexibility index (Phi) is 8.25. The van der Waals surface area contributed by atoms with E-state index in [9.17, 15) is 39.9 Å². The summed E-state index contributed by atoms with van der Waals surface area (Å²) >= 11 is 0. The number of benzene rings is 2. The van der Waals surface area contributed by atoms with Gasteiger partial charge < -0.3 is 44.5 Å². The standard InChI is InChI=1S/C25H26O12/c1-34-19-10-14(5-7-16(19)27)23(31)37-22-18(29)11-25(33,24(32)35-2)12-20(22)36-21(30)8-4-13-3-6-15(26)17(28)9-13/h3-10,18,20,22,26-29,33H,11-12H2,1-2H3/b8-4+/t18-,20-,22-,25+/m0/s1. The summed E-state index contributed by atoms with van der Waals surface area (Å²) in [6, 6.07) is 7.46. The highest BCUT2D eigenvalue weighted by molar-refractivity contribution is 5.91. The van der Waals surface area contributed by atoms with Crippen LogP contribution < -0.4 is 4.74 Å². The number of hydrogen-bond donors (Lipinski definition) is 5. The van der Waals surface area contributed by atoms with E-state index in [4.69, 9.17) is 14.2 Å². The van der Waals surface area contributed by atoms with E-state index in [1.807, 2.05) is 0 Å². The smallest absolute Gasteiger partial charge is 0.338 e. The molecule has 1 aliphatic rings. The summed E-state index contributed by atoms with van der Waals surface area (Å²) in [4.78, 5) is 37.5. The lowest BCUT2D eigenvalue weighted by Crippen LogP contribution is -2.58. The van der Waals surface area contributed by atoms with Gasteiger partial charge in [0.1, 0.15) is 6.10 Å². The second kappa shape index (κ2) is 11.2. The summed E-state index contributed by atoms with van der Waals surface area (Å²) in [5, 5.41) is 50.1. The zero-order chi connectivity index (χ0) is 27.3. The van der Waals surface area contributed by atoms with Crippen molar-refractivity contribution in [2.75, 3.05) is 14.2 Å². The molecule has 0 amide bonds. The summed E-state index contributed by atoms with van der Waals surface area (Å²) in [6.45, 7) is 0. The summed E-state index contributed by atoms with van der Waals surface area (Å²) in [6.07, 6.45) is -3.46. The van der Waals surface area contributed by atoms with Crippen molar-refractivity contribution in [1.82, 2.24) is 0 Å². The minimum absolute atomic E-state index is 0.00732. The number of methoxy groups -OCH3 is 2. The minimum atomic E-state index is -2.23. The van der Waals surface area contributed by atoms with Crippen LogP contribution in [0.2, 0.25) is 0 Å².